The maximum absolute atomic E-state index is 12.1. The largest absolute Gasteiger partial charge is 0.465 e. The molecule has 6 nitrogen and oxygen atoms in total. The van der Waals surface area contributed by atoms with Crippen molar-refractivity contribution in [1.82, 2.24) is 0 Å². The molecule has 0 fully saturated rings. The molecule has 1 aromatic heterocycles. The zero-order chi connectivity index (χ0) is 18.1. The molecule has 6 heteroatoms. The number of ether oxygens (including phenoxy) is 2. The Kier molecular flexibility index (Phi) is 4.27. The lowest BCUT2D eigenvalue weighted by Gasteiger charge is -2.03. The molecule has 0 N–H and O–H groups in total. The molecule has 1 aromatic carbocycles. The van der Waals surface area contributed by atoms with E-state index in [-0.39, 0.29) is 11.6 Å². The maximum Gasteiger partial charge on any atom is 0.363 e. The molecule has 1 aliphatic heterocycles. The Balaban J connectivity index is 1.95. The fraction of sp³-hybridized carbons (Fsp3) is 0.211. The van der Waals surface area contributed by atoms with Crippen LogP contribution in [0.15, 0.2) is 39.4 Å². The molecule has 0 bridgehead atoms. The van der Waals surface area contributed by atoms with Crippen molar-refractivity contribution in [3.05, 3.63) is 63.7 Å². The van der Waals surface area contributed by atoms with Crippen molar-refractivity contribution in [1.29, 1.82) is 0 Å². The van der Waals surface area contributed by atoms with Crippen LogP contribution in [0, 0.1) is 20.8 Å². The Morgan fingerprint density at radius 1 is 1.12 bits per heavy atom. The number of hydrogen-bond donors (Lipinski definition) is 0. The lowest BCUT2D eigenvalue weighted by Crippen LogP contribution is -2.05. The van der Waals surface area contributed by atoms with E-state index < -0.39 is 11.9 Å². The number of aryl methyl sites for hydroxylation is 3. The average Bonchev–Trinajstić information content (AvgIpc) is 3.09. The molecule has 0 saturated carbocycles. The van der Waals surface area contributed by atoms with Crippen molar-refractivity contribution in [2.45, 2.75) is 20.8 Å². The molecule has 0 unspecified atom stereocenters. The summed E-state index contributed by atoms with van der Waals surface area (Å²) in [6.07, 6.45) is 1.44. The van der Waals surface area contributed by atoms with Gasteiger partial charge >= 0.3 is 11.9 Å². The first-order chi connectivity index (χ1) is 11.9. The maximum atomic E-state index is 12.1. The zero-order valence-corrected chi connectivity index (χ0v) is 14.4. The quantitative estimate of drug-likeness (QED) is 0.633. The fourth-order valence-electron chi connectivity index (χ4n) is 2.65. The molecule has 25 heavy (non-hydrogen) atoms. The highest BCUT2D eigenvalue weighted by Gasteiger charge is 2.25. The van der Waals surface area contributed by atoms with Crippen LogP contribution in [-0.4, -0.2) is 24.9 Å². The molecule has 3 rings (SSSR count). The highest BCUT2D eigenvalue weighted by atomic mass is 16.6. The number of aliphatic imine (C=N–C) groups is 1. The molecular formula is C19H17NO5. The third-order valence-electron chi connectivity index (χ3n) is 3.71. The van der Waals surface area contributed by atoms with Crippen molar-refractivity contribution in [2.24, 2.45) is 4.99 Å². The van der Waals surface area contributed by atoms with Gasteiger partial charge in [0.1, 0.15) is 17.1 Å². The number of methoxy groups -OCH3 is 1. The van der Waals surface area contributed by atoms with Gasteiger partial charge in [-0.3, -0.25) is 0 Å². The lowest BCUT2D eigenvalue weighted by molar-refractivity contribution is -0.129. The molecule has 2 heterocycles. The van der Waals surface area contributed by atoms with E-state index in [2.05, 4.69) is 9.73 Å². The molecule has 0 aliphatic carbocycles. The van der Waals surface area contributed by atoms with Gasteiger partial charge in [-0.05, 0) is 39.0 Å². The highest BCUT2D eigenvalue weighted by Crippen LogP contribution is 2.23. The minimum absolute atomic E-state index is 0.110. The predicted molar refractivity (Wildman–Crippen MR) is 91.3 cm³/mol. The molecule has 0 saturated heterocycles. The van der Waals surface area contributed by atoms with Gasteiger partial charge in [0.15, 0.2) is 5.70 Å². The predicted octanol–water partition coefficient (Wildman–Crippen LogP) is 3.34. The summed E-state index contributed by atoms with van der Waals surface area (Å²) in [5.74, 6) is -0.0828. The Morgan fingerprint density at radius 3 is 2.44 bits per heavy atom. The van der Waals surface area contributed by atoms with E-state index in [0.29, 0.717) is 17.1 Å². The van der Waals surface area contributed by atoms with E-state index in [4.69, 9.17) is 9.15 Å². The summed E-state index contributed by atoms with van der Waals surface area (Å²) in [5.41, 5.74) is 3.25. The van der Waals surface area contributed by atoms with Gasteiger partial charge < -0.3 is 13.9 Å². The number of carbonyl (C=O) groups excluding carboxylic acids is 2. The topological polar surface area (TPSA) is 78.1 Å². The number of hydrogen-bond acceptors (Lipinski definition) is 6. The van der Waals surface area contributed by atoms with Crippen LogP contribution < -0.4 is 0 Å². The minimum atomic E-state index is -0.567. The second kappa shape index (κ2) is 6.39. The van der Waals surface area contributed by atoms with Gasteiger partial charge in [-0.25, -0.2) is 14.6 Å². The first-order valence-corrected chi connectivity index (χ1v) is 7.67. The zero-order valence-electron chi connectivity index (χ0n) is 14.4. The SMILES string of the molecule is COC(=O)c1cc(/C=C2\N=C(c3cc(C)cc(C)c3)OC2=O)oc1C. The molecule has 0 atom stereocenters. The Morgan fingerprint density at radius 2 is 1.80 bits per heavy atom. The van der Waals surface area contributed by atoms with Gasteiger partial charge in [0.2, 0.25) is 5.90 Å². The van der Waals surface area contributed by atoms with Crippen LogP contribution >= 0.6 is 0 Å². The molecule has 1 aliphatic rings. The number of furan rings is 1. The molecule has 0 amide bonds. The monoisotopic (exact) mass is 339 g/mol. The Labute approximate surface area is 144 Å². The van der Waals surface area contributed by atoms with E-state index in [1.807, 2.05) is 32.0 Å². The number of rotatable bonds is 3. The van der Waals surface area contributed by atoms with Crippen LogP contribution in [0.3, 0.4) is 0 Å². The summed E-state index contributed by atoms with van der Waals surface area (Å²) in [4.78, 5) is 28.0. The van der Waals surface area contributed by atoms with Gasteiger partial charge in [-0.1, -0.05) is 17.2 Å². The fourth-order valence-corrected chi connectivity index (χ4v) is 2.65. The number of carbonyl (C=O) groups is 2. The van der Waals surface area contributed by atoms with E-state index in [0.717, 1.165) is 16.7 Å². The molecular weight excluding hydrogens is 322 g/mol. The van der Waals surface area contributed by atoms with Crippen molar-refractivity contribution in [3.63, 3.8) is 0 Å². The van der Waals surface area contributed by atoms with Crippen LogP contribution in [0.25, 0.3) is 6.08 Å². The van der Waals surface area contributed by atoms with E-state index in [1.54, 1.807) is 6.92 Å². The first-order valence-electron chi connectivity index (χ1n) is 7.67. The summed E-state index contributed by atoms with van der Waals surface area (Å²) in [6, 6.07) is 7.33. The number of cyclic esters (lactones) is 1. The highest BCUT2D eigenvalue weighted by molar-refractivity contribution is 6.12. The smallest absolute Gasteiger partial charge is 0.363 e. The number of benzene rings is 1. The van der Waals surface area contributed by atoms with Gasteiger partial charge in [0, 0.05) is 11.6 Å². The molecule has 0 radical (unpaired) electrons. The van der Waals surface area contributed by atoms with Gasteiger partial charge in [0.05, 0.1) is 7.11 Å². The van der Waals surface area contributed by atoms with Crippen LogP contribution in [0.2, 0.25) is 0 Å². The van der Waals surface area contributed by atoms with E-state index >= 15 is 0 Å². The summed E-state index contributed by atoms with van der Waals surface area (Å²) >= 11 is 0. The van der Waals surface area contributed by atoms with E-state index in [1.165, 1.54) is 19.3 Å². The van der Waals surface area contributed by atoms with Crippen LogP contribution in [-0.2, 0) is 14.3 Å². The Hall–Kier alpha value is -3.15. The van der Waals surface area contributed by atoms with E-state index in [9.17, 15) is 9.59 Å². The normalized spacial score (nSPS) is 15.3. The standard InChI is InChI=1S/C19H17NO5/c1-10-5-11(2)7-13(6-10)17-20-16(19(22)25-17)9-14-8-15(12(3)24-14)18(21)23-4/h5-9H,1-4H3/b16-9-. The molecule has 0 spiro atoms. The Bertz CT molecular complexity index is 913. The third-order valence-corrected chi connectivity index (χ3v) is 3.71. The van der Waals surface area contributed by atoms with Crippen LogP contribution in [0.4, 0.5) is 0 Å². The van der Waals surface area contributed by atoms with Gasteiger partial charge in [0.25, 0.3) is 0 Å². The summed E-state index contributed by atoms with van der Waals surface area (Å²) in [5, 5.41) is 0. The number of nitrogens with zero attached hydrogens (tertiary/aromatic N) is 1. The van der Waals surface area contributed by atoms with Crippen molar-refractivity contribution >= 4 is 23.9 Å². The summed E-state index contributed by atoms with van der Waals surface area (Å²) in [7, 11) is 1.29. The van der Waals surface area contributed by atoms with Gasteiger partial charge in [-0.15, -0.1) is 0 Å². The summed E-state index contributed by atoms with van der Waals surface area (Å²) < 4.78 is 15.4. The summed E-state index contributed by atoms with van der Waals surface area (Å²) in [6.45, 7) is 5.57. The van der Waals surface area contributed by atoms with Crippen molar-refractivity contribution < 1.29 is 23.5 Å². The van der Waals surface area contributed by atoms with Gasteiger partial charge in [-0.2, -0.15) is 0 Å². The number of esters is 2. The van der Waals surface area contributed by atoms with Crippen molar-refractivity contribution in [2.75, 3.05) is 7.11 Å². The second-order valence-corrected chi connectivity index (χ2v) is 5.82. The molecule has 128 valence electrons. The van der Waals surface area contributed by atoms with Crippen LogP contribution in [0.5, 0.6) is 0 Å². The minimum Gasteiger partial charge on any atom is -0.465 e. The lowest BCUT2D eigenvalue weighted by atomic mass is 10.1. The van der Waals surface area contributed by atoms with Crippen molar-refractivity contribution in [3.8, 4) is 0 Å². The van der Waals surface area contributed by atoms with Crippen LogP contribution in [0.1, 0.15) is 38.6 Å². The second-order valence-electron chi connectivity index (χ2n) is 5.82. The first kappa shape index (κ1) is 16.7. The molecule has 2 aromatic rings. The average molecular weight is 339 g/mol. The third kappa shape index (κ3) is 3.38.